The maximum Gasteiger partial charge on any atom is 0.328 e. The molecule has 10 heteroatoms. The highest BCUT2D eigenvalue weighted by Gasteiger charge is 2.46. The average Bonchev–Trinajstić information content (AvgIpc) is 2.72. The van der Waals surface area contributed by atoms with Crippen molar-refractivity contribution < 1.29 is 14.2 Å². The first-order valence-corrected chi connectivity index (χ1v) is 5.74. The molecule has 2 rings (SSSR count). The molecule has 1 aliphatic rings. The van der Waals surface area contributed by atoms with Crippen LogP contribution in [0.15, 0.2) is 20.9 Å². The Hall–Kier alpha value is -2.16. The number of halogens is 1. The van der Waals surface area contributed by atoms with Crippen molar-refractivity contribution in [1.29, 1.82) is 0 Å². The summed E-state index contributed by atoms with van der Waals surface area (Å²) in [6, 6.07) is -1.23. The molecule has 1 saturated heterocycles. The third-order valence-corrected chi connectivity index (χ3v) is 3.12. The average molecular weight is 285 g/mol. The summed E-state index contributed by atoms with van der Waals surface area (Å²) in [5.41, 5.74) is 6.87. The molecule has 0 bridgehead atoms. The summed E-state index contributed by atoms with van der Waals surface area (Å²) in [7, 11) is 1.39. The van der Waals surface area contributed by atoms with Gasteiger partial charge in [0.05, 0.1) is 24.3 Å². The lowest BCUT2D eigenvalue weighted by Gasteiger charge is -2.13. The van der Waals surface area contributed by atoms with Gasteiger partial charge in [-0.15, -0.1) is 0 Å². The predicted molar refractivity (Wildman–Crippen MR) is 64.8 cm³/mol. The van der Waals surface area contributed by atoms with Crippen molar-refractivity contribution in [2.45, 2.75) is 24.4 Å². The van der Waals surface area contributed by atoms with Gasteiger partial charge in [-0.3, -0.25) is 9.78 Å². The van der Waals surface area contributed by atoms with Crippen molar-refractivity contribution in [3.05, 3.63) is 43.0 Å². The number of nitrogens with one attached hydrogen (secondary N) is 1. The fraction of sp³-hybridized carbons (Fsp3) is 0.600. The quantitative estimate of drug-likeness (QED) is 0.441. The fourth-order valence-electron chi connectivity index (χ4n) is 2.11. The normalized spacial score (nSPS) is 29.1. The largest absolute Gasteiger partial charge is 0.394 e. The van der Waals surface area contributed by atoms with Crippen LogP contribution >= 0.6 is 0 Å². The van der Waals surface area contributed by atoms with E-state index < -0.39 is 42.3 Å². The van der Waals surface area contributed by atoms with Crippen LogP contribution in [0.25, 0.3) is 10.4 Å². The molecule has 1 aromatic heterocycles. The Balaban J connectivity index is 2.44. The van der Waals surface area contributed by atoms with E-state index in [-0.39, 0.29) is 5.56 Å². The first-order chi connectivity index (χ1) is 9.49. The number of alkyl halides is 1. The number of nitrogens with zero attached hydrogens (tertiary/aromatic N) is 4. The number of aryl methyl sites for hydroxylation is 1. The fourth-order valence-corrected chi connectivity index (χ4v) is 2.11. The van der Waals surface area contributed by atoms with E-state index in [0.29, 0.717) is 0 Å². The van der Waals surface area contributed by atoms with Gasteiger partial charge in [0.1, 0.15) is 12.3 Å². The van der Waals surface area contributed by atoms with Gasteiger partial charge < -0.3 is 14.4 Å². The van der Waals surface area contributed by atoms with E-state index in [1.165, 1.54) is 7.05 Å². The summed E-state index contributed by atoms with van der Waals surface area (Å²) in [6.45, 7) is -0.551. The number of hydrogen-bond acceptors (Lipinski definition) is 5. The van der Waals surface area contributed by atoms with E-state index in [9.17, 15) is 14.0 Å². The van der Waals surface area contributed by atoms with Gasteiger partial charge in [0.2, 0.25) is 0 Å². The summed E-state index contributed by atoms with van der Waals surface area (Å²) in [6.07, 6.45) is -2.98. The molecule has 4 atom stereocenters. The van der Waals surface area contributed by atoms with Crippen LogP contribution in [0.4, 0.5) is 4.39 Å². The number of aromatic nitrogens is 2. The summed E-state index contributed by atoms with van der Waals surface area (Å²) in [5.74, 6) is 0. The first-order valence-electron chi connectivity index (χ1n) is 5.74. The van der Waals surface area contributed by atoms with Crippen LogP contribution in [0.3, 0.4) is 0 Å². The minimum absolute atomic E-state index is 0.103. The zero-order valence-corrected chi connectivity index (χ0v) is 10.4. The van der Waals surface area contributed by atoms with Crippen molar-refractivity contribution >= 4 is 0 Å². The molecule has 9 nitrogen and oxygen atoms in total. The molecule has 0 radical (unpaired) electrons. The highest BCUT2D eigenvalue weighted by molar-refractivity contribution is 5.15. The molecule has 2 heterocycles. The molecule has 0 amide bonds. The molecule has 1 aliphatic heterocycles. The highest BCUT2D eigenvalue weighted by Crippen LogP contribution is 2.35. The molecule has 0 aliphatic carbocycles. The van der Waals surface area contributed by atoms with E-state index >= 15 is 0 Å². The molecule has 1 aromatic rings. The third kappa shape index (κ3) is 2.31. The van der Waals surface area contributed by atoms with Crippen molar-refractivity contribution in [2.75, 3.05) is 6.61 Å². The Morgan fingerprint density at radius 2 is 2.35 bits per heavy atom. The molecule has 1 fully saturated rings. The summed E-state index contributed by atoms with van der Waals surface area (Å²) in [5, 5.41) is 12.3. The molecule has 0 aromatic carbocycles. The van der Waals surface area contributed by atoms with Gasteiger partial charge in [-0.1, -0.05) is 5.11 Å². The lowest BCUT2D eigenvalue weighted by atomic mass is 10.0. The van der Waals surface area contributed by atoms with Crippen LogP contribution in [0.5, 0.6) is 0 Å². The van der Waals surface area contributed by atoms with Crippen LogP contribution in [0.2, 0.25) is 0 Å². The summed E-state index contributed by atoms with van der Waals surface area (Å²) < 4.78 is 20.5. The Kier molecular flexibility index (Phi) is 3.89. The van der Waals surface area contributed by atoms with Gasteiger partial charge in [-0.2, -0.15) is 0 Å². The number of rotatable bonds is 3. The highest BCUT2D eigenvalue weighted by atomic mass is 19.1. The number of H-pyrrole nitrogens is 1. The smallest absolute Gasteiger partial charge is 0.328 e. The number of ether oxygens (including phenoxy) is 1. The van der Waals surface area contributed by atoms with E-state index in [1.54, 1.807) is 0 Å². The van der Waals surface area contributed by atoms with E-state index in [4.69, 9.17) is 15.4 Å². The minimum atomic E-state index is -1.79. The standard InChI is InChI=1S/C10H12FN5O4/c1-16-2-4(9(18)13-10(16)19)8-6(11)7(14-15-12)5(3-17)20-8/h2,5-8,17H,3H2,1H3,(H,13,18,19). The maximum atomic E-state index is 14.2. The lowest BCUT2D eigenvalue weighted by Crippen LogP contribution is -2.33. The van der Waals surface area contributed by atoms with Gasteiger partial charge in [-0.05, 0) is 5.53 Å². The maximum absolute atomic E-state index is 14.2. The van der Waals surface area contributed by atoms with Crippen LogP contribution in [-0.4, -0.2) is 39.6 Å². The van der Waals surface area contributed by atoms with E-state index in [2.05, 4.69) is 10.0 Å². The predicted octanol–water partition coefficient (Wildman–Crippen LogP) is -0.477. The number of aliphatic hydroxyl groups is 1. The number of hydrogen-bond donors (Lipinski definition) is 2. The second-order valence-electron chi connectivity index (χ2n) is 4.37. The van der Waals surface area contributed by atoms with E-state index in [0.717, 1.165) is 10.8 Å². The van der Waals surface area contributed by atoms with Crippen molar-refractivity contribution in [2.24, 2.45) is 12.2 Å². The zero-order chi connectivity index (χ0) is 14.9. The van der Waals surface area contributed by atoms with Crippen molar-refractivity contribution in [1.82, 2.24) is 9.55 Å². The SMILES string of the molecule is Cn1cc(C2OC(CO)C(N=[N+]=[N-])C2F)c(=O)[nH]c1=O. The second-order valence-corrected chi connectivity index (χ2v) is 4.37. The molecule has 2 N–H and O–H groups in total. The molecule has 0 saturated carbocycles. The number of aliphatic hydroxyl groups excluding tert-OH is 1. The van der Waals surface area contributed by atoms with Crippen LogP contribution in [-0.2, 0) is 11.8 Å². The monoisotopic (exact) mass is 285 g/mol. The Morgan fingerprint density at radius 1 is 1.65 bits per heavy atom. The van der Waals surface area contributed by atoms with E-state index in [1.807, 2.05) is 4.98 Å². The Bertz CT molecular complexity index is 664. The van der Waals surface area contributed by atoms with Gasteiger partial charge in [0, 0.05) is 18.2 Å². The lowest BCUT2D eigenvalue weighted by molar-refractivity contribution is -0.00208. The Labute approximate surface area is 111 Å². The molecule has 4 unspecified atom stereocenters. The van der Waals surface area contributed by atoms with Gasteiger partial charge in [0.25, 0.3) is 5.56 Å². The number of azide groups is 1. The molecule has 108 valence electrons. The van der Waals surface area contributed by atoms with Crippen LogP contribution in [0.1, 0.15) is 11.7 Å². The topological polar surface area (TPSA) is 133 Å². The summed E-state index contributed by atoms with van der Waals surface area (Å²) in [4.78, 5) is 27.5. The molecular formula is C10H12FN5O4. The van der Waals surface area contributed by atoms with Crippen molar-refractivity contribution in [3.8, 4) is 0 Å². The second kappa shape index (κ2) is 5.45. The summed E-state index contributed by atoms with van der Waals surface area (Å²) >= 11 is 0. The van der Waals surface area contributed by atoms with Gasteiger partial charge >= 0.3 is 5.69 Å². The number of aromatic amines is 1. The first kappa shape index (κ1) is 14.3. The molecule has 0 spiro atoms. The zero-order valence-electron chi connectivity index (χ0n) is 10.4. The third-order valence-electron chi connectivity index (χ3n) is 3.12. The van der Waals surface area contributed by atoms with Crippen molar-refractivity contribution in [3.63, 3.8) is 0 Å². The van der Waals surface area contributed by atoms with Crippen LogP contribution in [0, 0.1) is 0 Å². The Morgan fingerprint density at radius 3 is 2.95 bits per heavy atom. The van der Waals surface area contributed by atoms with Gasteiger partial charge in [-0.25, -0.2) is 9.18 Å². The molecular weight excluding hydrogens is 273 g/mol. The van der Waals surface area contributed by atoms with Crippen LogP contribution < -0.4 is 11.2 Å². The molecule has 20 heavy (non-hydrogen) atoms. The van der Waals surface area contributed by atoms with Gasteiger partial charge in [0.15, 0.2) is 0 Å². The minimum Gasteiger partial charge on any atom is -0.394 e.